The average Bonchev–Trinajstić information content (AvgIpc) is 2.45. The lowest BCUT2D eigenvalue weighted by Gasteiger charge is -2.16. The van der Waals surface area contributed by atoms with Crippen LogP contribution in [0.15, 0.2) is 37.4 Å². The van der Waals surface area contributed by atoms with Crippen LogP contribution in [0.3, 0.4) is 0 Å². The number of hydrogen-bond donors (Lipinski definition) is 0. The quantitative estimate of drug-likeness (QED) is 0.411. The topological polar surface area (TPSA) is 61.6 Å². The lowest BCUT2D eigenvalue weighted by molar-refractivity contribution is -0.385. The van der Waals surface area contributed by atoms with Crippen molar-refractivity contribution in [3.8, 4) is 11.5 Å². The van der Waals surface area contributed by atoms with Crippen molar-refractivity contribution in [3.63, 3.8) is 0 Å². The smallest absolute Gasteiger partial charge is 0.276 e. The maximum Gasteiger partial charge on any atom is 0.276 e. The summed E-state index contributed by atoms with van der Waals surface area (Å²) in [7, 11) is 2.95. The van der Waals surface area contributed by atoms with E-state index in [1.54, 1.807) is 18.2 Å². The van der Waals surface area contributed by atoms with Gasteiger partial charge in [0.1, 0.15) is 0 Å². The van der Waals surface area contributed by atoms with Crippen molar-refractivity contribution in [1.82, 2.24) is 0 Å². The van der Waals surface area contributed by atoms with E-state index in [1.165, 1.54) is 20.3 Å². The Morgan fingerprint density at radius 1 is 1.20 bits per heavy atom. The Bertz CT molecular complexity index is 501. The molecule has 0 saturated heterocycles. The van der Waals surface area contributed by atoms with E-state index >= 15 is 0 Å². The van der Waals surface area contributed by atoms with Crippen LogP contribution in [0.1, 0.15) is 24.3 Å². The highest BCUT2D eigenvalue weighted by molar-refractivity contribution is 5.55. The number of methoxy groups -OCH3 is 2. The molecule has 0 bridgehead atoms. The normalized spacial score (nSPS) is 10.2. The first-order valence-electron chi connectivity index (χ1n) is 6.21. The van der Waals surface area contributed by atoms with Gasteiger partial charge in [0, 0.05) is 5.56 Å². The minimum atomic E-state index is -0.406. The standard InChI is InChI=1S/C15H19NO4/c1-5-7-11(8-6-2)12-9-14(19-3)15(20-4)10-13(12)16(17)18/h5-6,9-11H,1-2,7-8H2,3-4H3. The van der Waals surface area contributed by atoms with Crippen molar-refractivity contribution >= 4 is 5.69 Å². The molecule has 0 radical (unpaired) electrons. The summed E-state index contributed by atoms with van der Waals surface area (Å²) in [5.74, 6) is 0.773. The zero-order valence-electron chi connectivity index (χ0n) is 11.8. The molecule has 0 heterocycles. The molecule has 0 fully saturated rings. The highest BCUT2D eigenvalue weighted by Gasteiger charge is 2.24. The zero-order valence-corrected chi connectivity index (χ0v) is 11.8. The van der Waals surface area contributed by atoms with E-state index in [1.807, 2.05) is 0 Å². The first kappa shape index (κ1) is 15.8. The van der Waals surface area contributed by atoms with Gasteiger partial charge in [0.25, 0.3) is 5.69 Å². The summed E-state index contributed by atoms with van der Waals surface area (Å²) in [6.45, 7) is 7.40. The molecule has 0 aliphatic heterocycles. The molecule has 0 aromatic heterocycles. The number of nitro benzene ring substituents is 1. The van der Waals surface area contributed by atoms with Crippen LogP contribution in [0.4, 0.5) is 5.69 Å². The Morgan fingerprint density at radius 2 is 1.70 bits per heavy atom. The SMILES string of the molecule is C=CCC(CC=C)c1cc(OC)c(OC)cc1[N+](=O)[O-]. The van der Waals surface area contributed by atoms with Crippen molar-refractivity contribution in [2.75, 3.05) is 14.2 Å². The number of nitrogens with zero attached hydrogens (tertiary/aromatic N) is 1. The van der Waals surface area contributed by atoms with E-state index in [9.17, 15) is 10.1 Å². The van der Waals surface area contributed by atoms with Gasteiger partial charge in [-0.25, -0.2) is 0 Å². The Hall–Kier alpha value is -2.30. The van der Waals surface area contributed by atoms with Gasteiger partial charge in [-0.2, -0.15) is 0 Å². The fourth-order valence-corrected chi connectivity index (χ4v) is 2.12. The molecule has 20 heavy (non-hydrogen) atoms. The van der Waals surface area contributed by atoms with Crippen LogP contribution in [0.5, 0.6) is 11.5 Å². The number of hydrogen-bond acceptors (Lipinski definition) is 4. The van der Waals surface area contributed by atoms with Crippen molar-refractivity contribution in [2.45, 2.75) is 18.8 Å². The molecule has 1 aromatic rings. The first-order valence-corrected chi connectivity index (χ1v) is 6.21. The van der Waals surface area contributed by atoms with Crippen LogP contribution in [0, 0.1) is 10.1 Å². The Balaban J connectivity index is 3.43. The number of allylic oxidation sites excluding steroid dienone is 2. The number of nitro groups is 1. The van der Waals surface area contributed by atoms with Crippen LogP contribution in [-0.2, 0) is 0 Å². The molecule has 0 amide bonds. The summed E-state index contributed by atoms with van der Waals surface area (Å²) in [4.78, 5) is 10.9. The maximum atomic E-state index is 11.3. The third kappa shape index (κ3) is 3.38. The lowest BCUT2D eigenvalue weighted by atomic mass is 9.91. The van der Waals surface area contributed by atoms with Gasteiger partial charge in [0.05, 0.1) is 25.2 Å². The molecule has 0 N–H and O–H groups in total. The number of benzene rings is 1. The Morgan fingerprint density at radius 3 is 2.10 bits per heavy atom. The van der Waals surface area contributed by atoms with Gasteiger partial charge in [0.2, 0.25) is 0 Å². The van der Waals surface area contributed by atoms with E-state index in [0.717, 1.165) is 0 Å². The van der Waals surface area contributed by atoms with Gasteiger partial charge < -0.3 is 9.47 Å². The van der Waals surface area contributed by atoms with Gasteiger partial charge in [-0.05, 0) is 24.8 Å². The molecular weight excluding hydrogens is 258 g/mol. The first-order chi connectivity index (χ1) is 9.58. The van der Waals surface area contributed by atoms with E-state index in [4.69, 9.17) is 9.47 Å². The summed E-state index contributed by atoms with van der Waals surface area (Å²) in [5, 5.41) is 11.3. The van der Waals surface area contributed by atoms with Gasteiger partial charge >= 0.3 is 0 Å². The van der Waals surface area contributed by atoms with Gasteiger partial charge in [0.15, 0.2) is 11.5 Å². The maximum absolute atomic E-state index is 11.3. The van der Waals surface area contributed by atoms with Crippen LogP contribution in [0.25, 0.3) is 0 Å². The van der Waals surface area contributed by atoms with Gasteiger partial charge in [-0.1, -0.05) is 12.2 Å². The van der Waals surface area contributed by atoms with Crippen molar-refractivity contribution in [1.29, 1.82) is 0 Å². The predicted molar refractivity (Wildman–Crippen MR) is 78.6 cm³/mol. The molecule has 0 unspecified atom stereocenters. The number of ether oxygens (including phenoxy) is 2. The van der Waals surface area contributed by atoms with Crippen LogP contribution >= 0.6 is 0 Å². The molecule has 0 saturated carbocycles. The van der Waals surface area contributed by atoms with E-state index in [0.29, 0.717) is 29.9 Å². The predicted octanol–water partition coefficient (Wildman–Crippen LogP) is 3.85. The monoisotopic (exact) mass is 277 g/mol. The molecule has 0 atom stereocenters. The summed E-state index contributed by atoms with van der Waals surface area (Å²) in [6.07, 6.45) is 4.74. The molecule has 1 rings (SSSR count). The fraction of sp³-hybridized carbons (Fsp3) is 0.333. The van der Waals surface area contributed by atoms with Crippen LogP contribution in [0.2, 0.25) is 0 Å². The largest absolute Gasteiger partial charge is 0.493 e. The van der Waals surface area contributed by atoms with Crippen molar-refractivity contribution < 1.29 is 14.4 Å². The van der Waals surface area contributed by atoms with Crippen molar-refractivity contribution in [2.24, 2.45) is 0 Å². The molecule has 5 nitrogen and oxygen atoms in total. The van der Waals surface area contributed by atoms with Crippen LogP contribution in [-0.4, -0.2) is 19.1 Å². The molecule has 0 aliphatic carbocycles. The average molecular weight is 277 g/mol. The summed E-state index contributed by atoms with van der Waals surface area (Å²) in [6, 6.07) is 3.06. The second kappa shape index (κ2) is 7.33. The Labute approximate surface area is 118 Å². The van der Waals surface area contributed by atoms with Gasteiger partial charge in [-0.15, -0.1) is 13.2 Å². The number of rotatable bonds is 8. The fourth-order valence-electron chi connectivity index (χ4n) is 2.12. The van der Waals surface area contributed by atoms with Crippen LogP contribution < -0.4 is 9.47 Å². The second-order valence-electron chi connectivity index (χ2n) is 4.27. The molecule has 108 valence electrons. The van der Waals surface area contributed by atoms with E-state index in [2.05, 4.69) is 13.2 Å². The Kier molecular flexibility index (Phi) is 5.77. The highest BCUT2D eigenvalue weighted by Crippen LogP contribution is 2.40. The second-order valence-corrected chi connectivity index (χ2v) is 4.27. The minimum absolute atomic E-state index is 0.0244. The van der Waals surface area contributed by atoms with E-state index < -0.39 is 4.92 Å². The molecular formula is C15H19NO4. The lowest BCUT2D eigenvalue weighted by Crippen LogP contribution is -2.04. The summed E-state index contributed by atoms with van der Waals surface area (Å²) < 4.78 is 10.3. The third-order valence-electron chi connectivity index (χ3n) is 3.07. The third-order valence-corrected chi connectivity index (χ3v) is 3.07. The molecule has 1 aromatic carbocycles. The molecule has 0 aliphatic rings. The highest BCUT2D eigenvalue weighted by atomic mass is 16.6. The molecule has 5 heteroatoms. The van der Waals surface area contributed by atoms with Gasteiger partial charge in [-0.3, -0.25) is 10.1 Å². The summed E-state index contributed by atoms with van der Waals surface area (Å²) >= 11 is 0. The molecule has 0 spiro atoms. The zero-order chi connectivity index (χ0) is 15.1. The van der Waals surface area contributed by atoms with Crippen molar-refractivity contribution in [3.05, 3.63) is 53.1 Å². The minimum Gasteiger partial charge on any atom is -0.493 e. The summed E-state index contributed by atoms with van der Waals surface area (Å²) in [5.41, 5.74) is 0.629. The van der Waals surface area contributed by atoms with E-state index in [-0.39, 0.29) is 11.6 Å².